The zero-order valence-electron chi connectivity index (χ0n) is 10.7. The van der Waals surface area contributed by atoms with Crippen LogP contribution in [0, 0.1) is 16.0 Å². The first-order valence-electron chi connectivity index (χ1n) is 6.25. The van der Waals surface area contributed by atoms with E-state index in [0.717, 1.165) is 12.0 Å². The lowest BCUT2D eigenvalue weighted by Crippen LogP contribution is -2.25. The van der Waals surface area contributed by atoms with Gasteiger partial charge in [0.05, 0.1) is 10.6 Å². The van der Waals surface area contributed by atoms with Gasteiger partial charge in [-0.15, -0.1) is 0 Å². The lowest BCUT2D eigenvalue weighted by Gasteiger charge is -2.19. The van der Waals surface area contributed by atoms with Crippen LogP contribution < -0.4 is 4.90 Å². The lowest BCUT2D eigenvalue weighted by molar-refractivity contribution is -0.384. The maximum atomic E-state index is 12.0. The standard InChI is InChI=1S/C13H16N2O3S/c1-2-10-3-4-11(15(17)18)6-12(10)14-7-9(8-19)5-13(14)16/h3-4,6,9,19H,2,5,7-8H2,1H3. The van der Waals surface area contributed by atoms with E-state index in [1.165, 1.54) is 12.1 Å². The number of carbonyl (C=O) groups excluding carboxylic acids is 1. The highest BCUT2D eigenvalue weighted by Gasteiger charge is 2.31. The van der Waals surface area contributed by atoms with E-state index in [4.69, 9.17) is 0 Å². The third kappa shape index (κ3) is 2.73. The van der Waals surface area contributed by atoms with Crippen LogP contribution in [0.4, 0.5) is 11.4 Å². The first-order valence-corrected chi connectivity index (χ1v) is 6.88. The number of non-ortho nitro benzene ring substituents is 1. The quantitative estimate of drug-likeness (QED) is 0.523. The summed E-state index contributed by atoms with van der Waals surface area (Å²) in [5.74, 6) is 0.896. The molecule has 0 aliphatic carbocycles. The second-order valence-electron chi connectivity index (χ2n) is 4.68. The molecule has 5 nitrogen and oxygen atoms in total. The van der Waals surface area contributed by atoms with Gasteiger partial charge >= 0.3 is 0 Å². The number of amides is 1. The number of rotatable bonds is 4. The fourth-order valence-corrected chi connectivity index (χ4v) is 2.60. The molecule has 1 aromatic rings. The second kappa shape index (κ2) is 5.61. The number of benzene rings is 1. The third-order valence-electron chi connectivity index (χ3n) is 3.41. The fraction of sp³-hybridized carbons (Fsp3) is 0.462. The Morgan fingerprint density at radius 2 is 2.26 bits per heavy atom. The zero-order chi connectivity index (χ0) is 14.0. The summed E-state index contributed by atoms with van der Waals surface area (Å²) in [6.07, 6.45) is 1.21. The van der Waals surface area contributed by atoms with Gasteiger partial charge in [-0.25, -0.2) is 0 Å². The van der Waals surface area contributed by atoms with Gasteiger partial charge in [0.1, 0.15) is 0 Å². The van der Waals surface area contributed by atoms with Crippen LogP contribution in [0.15, 0.2) is 18.2 Å². The number of carbonyl (C=O) groups is 1. The van der Waals surface area contributed by atoms with Gasteiger partial charge in [-0.1, -0.05) is 13.0 Å². The number of hydrogen-bond donors (Lipinski definition) is 1. The summed E-state index contributed by atoms with van der Waals surface area (Å²) in [6.45, 7) is 2.57. The number of anilines is 1. The second-order valence-corrected chi connectivity index (χ2v) is 5.05. The molecule has 0 aromatic heterocycles. The van der Waals surface area contributed by atoms with Gasteiger partial charge in [-0.2, -0.15) is 12.6 Å². The van der Waals surface area contributed by atoms with E-state index in [0.29, 0.717) is 24.4 Å². The first kappa shape index (κ1) is 13.9. The van der Waals surface area contributed by atoms with Crippen molar-refractivity contribution in [3.63, 3.8) is 0 Å². The Hall–Kier alpha value is -1.56. The minimum Gasteiger partial charge on any atom is -0.312 e. The summed E-state index contributed by atoms with van der Waals surface area (Å²) in [6, 6.07) is 4.71. The van der Waals surface area contributed by atoms with Crippen molar-refractivity contribution in [2.24, 2.45) is 5.92 Å². The Bertz CT molecular complexity index is 519. The molecule has 0 bridgehead atoms. The topological polar surface area (TPSA) is 63.5 Å². The summed E-state index contributed by atoms with van der Waals surface area (Å²) in [4.78, 5) is 24.1. The SMILES string of the molecule is CCc1ccc([N+](=O)[O-])cc1N1CC(CS)CC1=O. The van der Waals surface area contributed by atoms with Crippen LogP contribution in [0.2, 0.25) is 0 Å². The molecule has 1 fully saturated rings. The zero-order valence-corrected chi connectivity index (χ0v) is 11.6. The normalized spacial score (nSPS) is 18.9. The molecule has 1 amide bonds. The molecule has 102 valence electrons. The van der Waals surface area contributed by atoms with Gasteiger partial charge < -0.3 is 4.90 Å². The molecule has 1 aromatic carbocycles. The lowest BCUT2D eigenvalue weighted by atomic mass is 10.1. The van der Waals surface area contributed by atoms with Crippen LogP contribution in [0.25, 0.3) is 0 Å². The number of nitro benzene ring substituents is 1. The van der Waals surface area contributed by atoms with Gasteiger partial charge in [0.15, 0.2) is 0 Å². The van der Waals surface area contributed by atoms with Crippen molar-refractivity contribution >= 4 is 29.9 Å². The van der Waals surface area contributed by atoms with Crippen molar-refractivity contribution < 1.29 is 9.72 Å². The Labute approximate surface area is 117 Å². The van der Waals surface area contributed by atoms with E-state index in [1.54, 1.807) is 11.0 Å². The van der Waals surface area contributed by atoms with E-state index >= 15 is 0 Å². The monoisotopic (exact) mass is 280 g/mol. The van der Waals surface area contributed by atoms with Crippen LogP contribution in [-0.4, -0.2) is 23.1 Å². The molecule has 6 heteroatoms. The molecule has 1 aliphatic rings. The molecule has 1 aliphatic heterocycles. The highest BCUT2D eigenvalue weighted by Crippen LogP contribution is 2.31. The average Bonchev–Trinajstić information content (AvgIpc) is 2.79. The highest BCUT2D eigenvalue weighted by atomic mass is 32.1. The predicted octanol–water partition coefficient (Wildman–Crippen LogP) is 2.44. The highest BCUT2D eigenvalue weighted by molar-refractivity contribution is 7.80. The molecular weight excluding hydrogens is 264 g/mol. The van der Waals surface area contributed by atoms with E-state index in [2.05, 4.69) is 12.6 Å². The van der Waals surface area contributed by atoms with Gasteiger partial charge in [-0.3, -0.25) is 14.9 Å². The molecule has 1 unspecified atom stereocenters. The smallest absolute Gasteiger partial charge is 0.271 e. The number of hydrogen-bond acceptors (Lipinski definition) is 4. The Balaban J connectivity index is 2.39. The maximum absolute atomic E-state index is 12.0. The molecule has 1 saturated heterocycles. The molecule has 0 spiro atoms. The Morgan fingerprint density at radius 1 is 1.53 bits per heavy atom. The van der Waals surface area contributed by atoms with E-state index < -0.39 is 4.92 Å². The van der Waals surface area contributed by atoms with Crippen LogP contribution >= 0.6 is 12.6 Å². The molecule has 1 heterocycles. The summed E-state index contributed by atoms with van der Waals surface area (Å²) < 4.78 is 0. The first-order chi connectivity index (χ1) is 9.06. The number of thiol groups is 1. The fourth-order valence-electron chi connectivity index (χ4n) is 2.35. The van der Waals surface area contributed by atoms with E-state index in [1.807, 2.05) is 6.92 Å². The minimum absolute atomic E-state index is 0.0225. The van der Waals surface area contributed by atoms with Crippen LogP contribution in [0.1, 0.15) is 18.9 Å². The van der Waals surface area contributed by atoms with Crippen LogP contribution in [0.3, 0.4) is 0 Å². The number of nitrogens with zero attached hydrogens (tertiary/aromatic N) is 2. The summed E-state index contributed by atoms with van der Waals surface area (Å²) >= 11 is 4.22. The average molecular weight is 280 g/mol. The summed E-state index contributed by atoms with van der Waals surface area (Å²) in [5.41, 5.74) is 1.65. The Morgan fingerprint density at radius 3 is 2.79 bits per heavy atom. The van der Waals surface area contributed by atoms with Crippen molar-refractivity contribution in [2.45, 2.75) is 19.8 Å². The van der Waals surface area contributed by atoms with Crippen molar-refractivity contribution in [1.29, 1.82) is 0 Å². The Kier molecular flexibility index (Phi) is 4.09. The van der Waals surface area contributed by atoms with Gasteiger partial charge in [0.25, 0.3) is 5.69 Å². The predicted molar refractivity (Wildman–Crippen MR) is 76.8 cm³/mol. The molecular formula is C13H16N2O3S. The third-order valence-corrected chi connectivity index (χ3v) is 3.93. The molecule has 0 radical (unpaired) electrons. The summed E-state index contributed by atoms with van der Waals surface area (Å²) in [5, 5.41) is 10.9. The number of nitro groups is 1. The maximum Gasteiger partial charge on any atom is 0.271 e. The van der Waals surface area contributed by atoms with Gasteiger partial charge in [-0.05, 0) is 23.7 Å². The molecule has 19 heavy (non-hydrogen) atoms. The largest absolute Gasteiger partial charge is 0.312 e. The van der Waals surface area contributed by atoms with Crippen LogP contribution in [0.5, 0.6) is 0 Å². The van der Waals surface area contributed by atoms with E-state index in [-0.39, 0.29) is 17.5 Å². The molecule has 1 atom stereocenters. The van der Waals surface area contributed by atoms with Crippen molar-refractivity contribution in [3.8, 4) is 0 Å². The molecule has 0 N–H and O–H groups in total. The van der Waals surface area contributed by atoms with Crippen LogP contribution in [-0.2, 0) is 11.2 Å². The van der Waals surface area contributed by atoms with Crippen molar-refractivity contribution in [3.05, 3.63) is 33.9 Å². The van der Waals surface area contributed by atoms with Gasteiger partial charge in [0, 0.05) is 25.1 Å². The molecule has 2 rings (SSSR count). The van der Waals surface area contributed by atoms with Crippen molar-refractivity contribution in [1.82, 2.24) is 0 Å². The summed E-state index contributed by atoms with van der Waals surface area (Å²) in [7, 11) is 0. The molecule has 0 saturated carbocycles. The van der Waals surface area contributed by atoms with Gasteiger partial charge in [0.2, 0.25) is 5.91 Å². The number of aryl methyl sites for hydroxylation is 1. The van der Waals surface area contributed by atoms with Crippen molar-refractivity contribution in [2.75, 3.05) is 17.2 Å². The minimum atomic E-state index is -0.431. The van der Waals surface area contributed by atoms with E-state index in [9.17, 15) is 14.9 Å².